The van der Waals surface area contributed by atoms with Crippen LogP contribution >= 0.6 is 0 Å². The van der Waals surface area contributed by atoms with E-state index in [9.17, 15) is 4.55 Å². The maximum Gasteiger partial charge on any atom is 0.261 e. The number of hydrogen-bond acceptors (Lipinski definition) is 3. The molecule has 0 saturated heterocycles. The molecular formula is C27H40FNO2SSi. The molecule has 2 aromatic carbocycles. The Kier molecular flexibility index (Phi) is 7.86. The molecule has 182 valence electrons. The number of rotatable bonds is 9. The van der Waals surface area contributed by atoms with Crippen molar-refractivity contribution in [2.75, 3.05) is 13.7 Å². The summed E-state index contributed by atoms with van der Waals surface area (Å²) in [6.07, 6.45) is 1.57. The summed E-state index contributed by atoms with van der Waals surface area (Å²) in [5.74, 6) is 0. The summed E-state index contributed by atoms with van der Waals surface area (Å²) in [7, 11) is -0.870. The number of nitrogens with zero attached hydrogens (tertiary/aromatic N) is 1. The van der Waals surface area contributed by atoms with E-state index in [1.165, 1.54) is 10.4 Å². The monoisotopic (exact) mass is 489 g/mol. The SMILES string of the molecule is CN([C@@H](CCO[Si](c1ccccc1)(c1ccccc1)C(C)(C)C)C1(F)CC1)[S@+]([O-])C(C)(C)C. The van der Waals surface area contributed by atoms with Crippen LogP contribution in [0.4, 0.5) is 4.39 Å². The molecule has 0 aliphatic heterocycles. The molecular weight excluding hydrogens is 449 g/mol. The molecule has 1 fully saturated rings. The van der Waals surface area contributed by atoms with Crippen molar-refractivity contribution < 1.29 is 13.4 Å². The van der Waals surface area contributed by atoms with Crippen molar-refractivity contribution in [1.82, 2.24) is 4.31 Å². The average molecular weight is 490 g/mol. The molecule has 0 heterocycles. The van der Waals surface area contributed by atoms with Crippen LogP contribution in [0.3, 0.4) is 0 Å². The third-order valence-corrected chi connectivity index (χ3v) is 13.5. The number of hydrogen-bond donors (Lipinski definition) is 0. The zero-order valence-corrected chi connectivity index (χ0v) is 23.0. The highest BCUT2D eigenvalue weighted by Crippen LogP contribution is 2.47. The van der Waals surface area contributed by atoms with E-state index in [0.717, 1.165) is 0 Å². The lowest BCUT2D eigenvalue weighted by molar-refractivity contribution is 0.141. The van der Waals surface area contributed by atoms with Crippen LogP contribution in [-0.2, 0) is 15.8 Å². The topological polar surface area (TPSA) is 35.5 Å². The molecule has 2 atom stereocenters. The van der Waals surface area contributed by atoms with Crippen molar-refractivity contribution in [3.63, 3.8) is 0 Å². The van der Waals surface area contributed by atoms with Crippen LogP contribution in [0.25, 0.3) is 0 Å². The van der Waals surface area contributed by atoms with E-state index in [0.29, 0.717) is 25.9 Å². The average Bonchev–Trinajstić information content (AvgIpc) is 3.50. The molecule has 3 rings (SSSR count). The number of alkyl halides is 1. The standard InChI is InChI=1S/C27H40FNO2SSi/c1-25(2,3)32(30)29(7)24(27(28)19-20-27)18-21-31-33(26(4,5)6,22-14-10-8-11-15-22)23-16-12-9-13-17-23/h8-17,24H,18-21H2,1-7H3/t24-,32+/m0/s1. The van der Waals surface area contributed by atoms with E-state index < -0.39 is 36.1 Å². The Morgan fingerprint density at radius 3 is 1.79 bits per heavy atom. The second-order valence-electron chi connectivity index (χ2n) is 11.3. The summed E-state index contributed by atoms with van der Waals surface area (Å²) < 4.78 is 36.8. The van der Waals surface area contributed by atoms with E-state index in [4.69, 9.17) is 4.43 Å². The van der Waals surface area contributed by atoms with Crippen molar-refractivity contribution in [2.24, 2.45) is 0 Å². The molecule has 1 aliphatic carbocycles. The molecule has 3 nitrogen and oxygen atoms in total. The van der Waals surface area contributed by atoms with Crippen molar-refractivity contribution in [3.8, 4) is 0 Å². The molecule has 1 saturated carbocycles. The summed E-state index contributed by atoms with van der Waals surface area (Å²) >= 11 is -1.28. The van der Waals surface area contributed by atoms with E-state index >= 15 is 4.39 Å². The lowest BCUT2D eigenvalue weighted by atomic mass is 10.1. The summed E-state index contributed by atoms with van der Waals surface area (Å²) in [4.78, 5) is 0. The van der Waals surface area contributed by atoms with Gasteiger partial charge in [0.05, 0.1) is 6.04 Å². The predicted molar refractivity (Wildman–Crippen MR) is 141 cm³/mol. The lowest BCUT2D eigenvalue weighted by Crippen LogP contribution is -2.66. The third kappa shape index (κ3) is 5.56. The van der Waals surface area contributed by atoms with Gasteiger partial charge < -0.3 is 8.98 Å². The van der Waals surface area contributed by atoms with E-state index in [1.54, 1.807) is 11.4 Å². The Labute approximate surface area is 204 Å². The summed E-state index contributed by atoms with van der Waals surface area (Å²) in [5.41, 5.74) is -1.27. The fourth-order valence-electron chi connectivity index (χ4n) is 4.85. The Hall–Kier alpha value is -1.18. The highest BCUT2D eigenvalue weighted by atomic mass is 32.2. The summed E-state index contributed by atoms with van der Waals surface area (Å²) in [6.45, 7) is 13.0. The summed E-state index contributed by atoms with van der Waals surface area (Å²) in [5, 5.41) is 2.31. The Balaban J connectivity index is 1.92. The Morgan fingerprint density at radius 2 is 1.42 bits per heavy atom. The number of halogens is 1. The van der Waals surface area contributed by atoms with Gasteiger partial charge in [-0.05, 0) is 55.4 Å². The third-order valence-electron chi connectivity index (χ3n) is 6.68. The first-order valence-electron chi connectivity index (χ1n) is 11.9. The minimum atomic E-state index is -2.67. The van der Waals surface area contributed by atoms with Gasteiger partial charge >= 0.3 is 0 Å². The predicted octanol–water partition coefficient (Wildman–Crippen LogP) is 5.22. The van der Waals surface area contributed by atoms with Crippen molar-refractivity contribution in [1.29, 1.82) is 0 Å². The minimum absolute atomic E-state index is 0.127. The quantitative estimate of drug-likeness (QED) is 0.358. The van der Waals surface area contributed by atoms with Crippen LogP contribution in [-0.4, -0.2) is 47.3 Å². The van der Waals surface area contributed by atoms with Crippen LogP contribution in [0.1, 0.15) is 60.8 Å². The van der Waals surface area contributed by atoms with Crippen LogP contribution in [0, 0.1) is 0 Å². The second-order valence-corrected chi connectivity index (χ2v) is 17.9. The molecule has 0 spiro atoms. The minimum Gasteiger partial charge on any atom is -0.597 e. The first kappa shape index (κ1) is 26.4. The van der Waals surface area contributed by atoms with E-state index in [2.05, 4.69) is 69.3 Å². The van der Waals surface area contributed by atoms with Crippen molar-refractivity contribution in [3.05, 3.63) is 60.7 Å². The van der Waals surface area contributed by atoms with Gasteiger partial charge in [-0.3, -0.25) is 0 Å². The highest BCUT2D eigenvalue weighted by Gasteiger charge is 2.56. The smallest absolute Gasteiger partial charge is 0.261 e. The summed E-state index contributed by atoms with van der Waals surface area (Å²) in [6, 6.07) is 20.6. The molecule has 0 aromatic heterocycles. The van der Waals surface area contributed by atoms with Gasteiger partial charge in [0.25, 0.3) is 8.32 Å². The van der Waals surface area contributed by atoms with Crippen LogP contribution in [0.15, 0.2) is 60.7 Å². The second kappa shape index (κ2) is 9.82. The lowest BCUT2D eigenvalue weighted by Gasteiger charge is -2.43. The molecule has 0 bridgehead atoms. The largest absolute Gasteiger partial charge is 0.597 e. The van der Waals surface area contributed by atoms with Crippen LogP contribution < -0.4 is 10.4 Å². The maximum atomic E-state index is 15.4. The van der Waals surface area contributed by atoms with Gasteiger partial charge in [-0.25, -0.2) is 4.39 Å². The van der Waals surface area contributed by atoms with Crippen LogP contribution in [0.5, 0.6) is 0 Å². The molecule has 2 aromatic rings. The fraction of sp³-hybridized carbons (Fsp3) is 0.556. The van der Waals surface area contributed by atoms with Gasteiger partial charge in [-0.1, -0.05) is 81.4 Å². The fourth-order valence-corrected chi connectivity index (χ4v) is 10.8. The van der Waals surface area contributed by atoms with Gasteiger partial charge in [-0.15, -0.1) is 4.31 Å². The molecule has 1 aliphatic rings. The van der Waals surface area contributed by atoms with Gasteiger partial charge in [-0.2, -0.15) is 0 Å². The van der Waals surface area contributed by atoms with E-state index in [1.807, 2.05) is 32.9 Å². The maximum absolute atomic E-state index is 15.4. The molecule has 33 heavy (non-hydrogen) atoms. The molecule has 6 heteroatoms. The van der Waals surface area contributed by atoms with Gasteiger partial charge in [0.2, 0.25) is 0 Å². The molecule has 0 radical (unpaired) electrons. The van der Waals surface area contributed by atoms with Crippen LogP contribution in [0.2, 0.25) is 5.04 Å². The molecule has 0 amide bonds. The number of benzene rings is 2. The molecule has 0 N–H and O–H groups in total. The first-order chi connectivity index (χ1) is 15.3. The van der Waals surface area contributed by atoms with E-state index in [-0.39, 0.29) is 5.04 Å². The zero-order valence-electron chi connectivity index (χ0n) is 21.2. The van der Waals surface area contributed by atoms with Crippen molar-refractivity contribution in [2.45, 2.75) is 82.3 Å². The normalized spacial score (nSPS) is 18.2. The zero-order chi connectivity index (χ0) is 24.5. The first-order valence-corrected chi connectivity index (χ1v) is 14.9. The highest BCUT2D eigenvalue weighted by molar-refractivity contribution is 7.90. The van der Waals surface area contributed by atoms with Gasteiger partial charge in [0.15, 0.2) is 0 Å². The Bertz CT molecular complexity index is 854. The Morgan fingerprint density at radius 1 is 0.970 bits per heavy atom. The molecule has 0 unspecified atom stereocenters. The van der Waals surface area contributed by atoms with Gasteiger partial charge in [0, 0.05) is 25.0 Å². The van der Waals surface area contributed by atoms with Crippen molar-refractivity contribution >= 4 is 30.1 Å². The van der Waals surface area contributed by atoms with Gasteiger partial charge in [0.1, 0.15) is 10.4 Å².